The SMILES string of the molecule is OC(Cc1ccccc1)CN(Cc1cccc(Cl)c1)CC1CC(c2ccccc2Cl)=NO1. The van der Waals surface area contributed by atoms with Gasteiger partial charge < -0.3 is 9.94 Å². The summed E-state index contributed by atoms with van der Waals surface area (Å²) in [6.45, 7) is 1.81. The Hall–Kier alpha value is -2.37. The van der Waals surface area contributed by atoms with Gasteiger partial charge in [0.1, 0.15) is 6.10 Å². The lowest BCUT2D eigenvalue weighted by Crippen LogP contribution is -2.38. The predicted molar refractivity (Wildman–Crippen MR) is 130 cm³/mol. The molecule has 1 aliphatic rings. The van der Waals surface area contributed by atoms with Crippen molar-refractivity contribution in [1.29, 1.82) is 0 Å². The van der Waals surface area contributed by atoms with Gasteiger partial charge in [0.05, 0.1) is 11.8 Å². The Labute approximate surface area is 199 Å². The lowest BCUT2D eigenvalue weighted by atomic mass is 10.0. The molecule has 1 heterocycles. The molecule has 0 spiro atoms. The smallest absolute Gasteiger partial charge is 0.145 e. The van der Waals surface area contributed by atoms with Crippen molar-refractivity contribution in [3.63, 3.8) is 0 Å². The standard InChI is InChI=1S/C26H26Cl2N2O2/c27-21-10-6-9-20(13-21)16-30(17-22(31)14-19-7-2-1-3-8-19)18-23-15-26(29-32-23)24-11-4-5-12-25(24)28/h1-13,22-23,31H,14-18H2. The van der Waals surface area contributed by atoms with Crippen molar-refractivity contribution < 1.29 is 9.94 Å². The number of halogens is 2. The van der Waals surface area contributed by atoms with E-state index in [2.05, 4.69) is 10.1 Å². The summed E-state index contributed by atoms with van der Waals surface area (Å²) in [4.78, 5) is 7.95. The molecule has 0 amide bonds. The van der Waals surface area contributed by atoms with Crippen LogP contribution in [0.25, 0.3) is 0 Å². The summed E-state index contributed by atoms with van der Waals surface area (Å²) in [6, 6.07) is 25.5. The van der Waals surface area contributed by atoms with E-state index >= 15 is 0 Å². The van der Waals surface area contributed by atoms with E-state index in [9.17, 15) is 5.11 Å². The van der Waals surface area contributed by atoms with Gasteiger partial charge in [0.15, 0.2) is 0 Å². The summed E-state index contributed by atoms with van der Waals surface area (Å²) < 4.78 is 0. The first kappa shape index (κ1) is 22.8. The van der Waals surface area contributed by atoms with E-state index in [1.165, 1.54) is 0 Å². The first-order chi connectivity index (χ1) is 15.6. The molecule has 6 heteroatoms. The number of benzene rings is 3. The molecule has 0 aromatic heterocycles. The fraction of sp³-hybridized carbons (Fsp3) is 0.269. The van der Waals surface area contributed by atoms with Gasteiger partial charge in [0.2, 0.25) is 0 Å². The van der Waals surface area contributed by atoms with Crippen LogP contribution in [-0.2, 0) is 17.8 Å². The summed E-state index contributed by atoms with van der Waals surface area (Å²) in [6.07, 6.45) is 0.663. The maximum atomic E-state index is 10.8. The maximum Gasteiger partial charge on any atom is 0.145 e. The second kappa shape index (κ2) is 11.0. The largest absolute Gasteiger partial charge is 0.391 e. The molecule has 4 rings (SSSR count). The fourth-order valence-electron chi connectivity index (χ4n) is 4.01. The van der Waals surface area contributed by atoms with Crippen molar-refractivity contribution >= 4 is 28.9 Å². The number of hydrogen-bond donors (Lipinski definition) is 1. The van der Waals surface area contributed by atoms with E-state index in [1.54, 1.807) is 0 Å². The van der Waals surface area contributed by atoms with Crippen molar-refractivity contribution in [3.8, 4) is 0 Å². The van der Waals surface area contributed by atoms with Gasteiger partial charge in [0, 0.05) is 41.7 Å². The van der Waals surface area contributed by atoms with Crippen LogP contribution in [0.4, 0.5) is 0 Å². The molecular weight excluding hydrogens is 443 g/mol. The molecule has 0 saturated carbocycles. The third kappa shape index (κ3) is 6.33. The molecular formula is C26H26Cl2N2O2. The average Bonchev–Trinajstić information content (AvgIpc) is 3.23. The minimum absolute atomic E-state index is 0.107. The molecule has 3 aromatic carbocycles. The van der Waals surface area contributed by atoms with Gasteiger partial charge in [0.25, 0.3) is 0 Å². The van der Waals surface area contributed by atoms with Crippen LogP contribution in [0.1, 0.15) is 23.1 Å². The van der Waals surface area contributed by atoms with Crippen LogP contribution in [0.15, 0.2) is 84.0 Å². The molecule has 4 nitrogen and oxygen atoms in total. The Kier molecular flexibility index (Phi) is 7.82. The Morgan fingerprint density at radius 2 is 1.72 bits per heavy atom. The summed E-state index contributed by atoms with van der Waals surface area (Å²) in [7, 11) is 0. The van der Waals surface area contributed by atoms with E-state index in [0.717, 1.165) is 22.4 Å². The number of hydrogen-bond acceptors (Lipinski definition) is 4. The molecule has 0 radical (unpaired) electrons. The van der Waals surface area contributed by atoms with Crippen LogP contribution >= 0.6 is 23.2 Å². The van der Waals surface area contributed by atoms with Crippen LogP contribution in [0.2, 0.25) is 10.0 Å². The van der Waals surface area contributed by atoms with Crippen LogP contribution in [0.5, 0.6) is 0 Å². The lowest BCUT2D eigenvalue weighted by molar-refractivity contribution is 0.0322. The quantitative estimate of drug-likeness (QED) is 0.444. The molecule has 1 N–H and O–H groups in total. The first-order valence-electron chi connectivity index (χ1n) is 10.7. The average molecular weight is 469 g/mol. The zero-order valence-corrected chi connectivity index (χ0v) is 19.2. The Morgan fingerprint density at radius 3 is 2.50 bits per heavy atom. The monoisotopic (exact) mass is 468 g/mol. The highest BCUT2D eigenvalue weighted by atomic mass is 35.5. The van der Waals surface area contributed by atoms with E-state index in [0.29, 0.717) is 42.5 Å². The minimum Gasteiger partial charge on any atom is -0.391 e. The minimum atomic E-state index is -0.498. The van der Waals surface area contributed by atoms with E-state index in [1.807, 2.05) is 78.9 Å². The van der Waals surface area contributed by atoms with Crippen LogP contribution < -0.4 is 0 Å². The van der Waals surface area contributed by atoms with Gasteiger partial charge in [-0.15, -0.1) is 0 Å². The van der Waals surface area contributed by atoms with E-state index < -0.39 is 6.10 Å². The topological polar surface area (TPSA) is 45.1 Å². The highest BCUT2D eigenvalue weighted by Crippen LogP contribution is 2.24. The van der Waals surface area contributed by atoms with Gasteiger partial charge in [-0.05, 0) is 35.7 Å². The van der Waals surface area contributed by atoms with Crippen LogP contribution in [-0.4, -0.2) is 41.0 Å². The summed E-state index contributed by atoms with van der Waals surface area (Å²) >= 11 is 12.5. The summed E-state index contributed by atoms with van der Waals surface area (Å²) in [5, 5.41) is 16.5. The van der Waals surface area contributed by atoms with Crippen molar-refractivity contribution in [2.24, 2.45) is 5.16 Å². The van der Waals surface area contributed by atoms with Crippen LogP contribution in [0.3, 0.4) is 0 Å². The number of oxime groups is 1. The molecule has 0 aliphatic carbocycles. The Bertz CT molecular complexity index is 1060. The molecule has 0 bridgehead atoms. The second-order valence-electron chi connectivity index (χ2n) is 8.12. The third-order valence-corrected chi connectivity index (χ3v) is 6.02. The van der Waals surface area contributed by atoms with E-state index in [4.69, 9.17) is 28.0 Å². The van der Waals surface area contributed by atoms with Gasteiger partial charge >= 0.3 is 0 Å². The first-order valence-corrected chi connectivity index (χ1v) is 11.5. The molecule has 3 aromatic rings. The zero-order valence-electron chi connectivity index (χ0n) is 17.7. The Balaban J connectivity index is 1.42. The normalized spacial score (nSPS) is 16.6. The molecule has 0 saturated heterocycles. The van der Waals surface area contributed by atoms with Gasteiger partial charge in [-0.1, -0.05) is 89.0 Å². The highest BCUT2D eigenvalue weighted by Gasteiger charge is 2.26. The van der Waals surface area contributed by atoms with E-state index in [-0.39, 0.29) is 6.10 Å². The molecule has 2 atom stereocenters. The zero-order chi connectivity index (χ0) is 22.3. The van der Waals surface area contributed by atoms with Gasteiger partial charge in [-0.2, -0.15) is 0 Å². The van der Waals surface area contributed by atoms with Crippen molar-refractivity contribution in [2.45, 2.75) is 31.6 Å². The number of nitrogens with zero attached hydrogens (tertiary/aromatic N) is 2. The number of aliphatic hydroxyl groups excluding tert-OH is 1. The van der Waals surface area contributed by atoms with Crippen molar-refractivity contribution in [1.82, 2.24) is 4.90 Å². The molecule has 2 unspecified atom stereocenters. The molecule has 1 aliphatic heterocycles. The maximum absolute atomic E-state index is 10.8. The fourth-order valence-corrected chi connectivity index (χ4v) is 4.47. The second-order valence-corrected chi connectivity index (χ2v) is 8.96. The van der Waals surface area contributed by atoms with Gasteiger partial charge in [-0.3, -0.25) is 4.90 Å². The lowest BCUT2D eigenvalue weighted by Gasteiger charge is -2.27. The molecule has 0 fully saturated rings. The number of aliphatic hydroxyl groups is 1. The van der Waals surface area contributed by atoms with Crippen LogP contribution in [0, 0.1) is 0 Å². The van der Waals surface area contributed by atoms with Gasteiger partial charge in [-0.25, -0.2) is 0 Å². The highest BCUT2D eigenvalue weighted by molar-refractivity contribution is 6.34. The van der Waals surface area contributed by atoms with Crippen molar-refractivity contribution in [2.75, 3.05) is 13.1 Å². The summed E-state index contributed by atoms with van der Waals surface area (Å²) in [5.41, 5.74) is 3.97. The number of rotatable bonds is 9. The molecule has 166 valence electrons. The Morgan fingerprint density at radius 1 is 0.969 bits per heavy atom. The third-order valence-electron chi connectivity index (χ3n) is 5.46. The van der Waals surface area contributed by atoms with Crippen molar-refractivity contribution in [3.05, 3.63) is 106 Å². The summed E-state index contributed by atoms with van der Waals surface area (Å²) in [5.74, 6) is 0. The predicted octanol–water partition coefficient (Wildman–Crippen LogP) is 5.59. The molecule has 32 heavy (non-hydrogen) atoms.